The summed E-state index contributed by atoms with van der Waals surface area (Å²) in [5.74, 6) is -0.232. The summed E-state index contributed by atoms with van der Waals surface area (Å²) in [5.41, 5.74) is 2.59. The maximum absolute atomic E-state index is 15.0. The number of likely N-dealkylation sites (N-methyl/N-ethyl adjacent to an activating group) is 1. The molecule has 2 aromatic rings. The molecule has 5 rings (SSSR count). The molecule has 2 aliphatic heterocycles. The molecule has 9 heteroatoms. The van der Waals surface area contributed by atoms with E-state index in [1.807, 2.05) is 18.2 Å². The maximum atomic E-state index is 15.0. The number of hydrogen-bond acceptors (Lipinski definition) is 5. The first kappa shape index (κ1) is 21.6. The summed E-state index contributed by atoms with van der Waals surface area (Å²) in [5, 5.41) is 15.7. The van der Waals surface area contributed by atoms with Gasteiger partial charge in [-0.2, -0.15) is 5.26 Å². The number of halogens is 2. The van der Waals surface area contributed by atoms with E-state index >= 15 is 4.39 Å². The number of hydrogen-bond donors (Lipinski definition) is 2. The molecule has 1 saturated carbocycles. The fourth-order valence-electron chi connectivity index (χ4n) is 5.06. The van der Waals surface area contributed by atoms with Crippen molar-refractivity contribution in [1.29, 1.82) is 5.26 Å². The van der Waals surface area contributed by atoms with Crippen LogP contribution in [0.3, 0.4) is 0 Å². The van der Waals surface area contributed by atoms with E-state index in [1.54, 1.807) is 11.9 Å². The largest absolute Gasteiger partial charge is 0.339 e. The van der Waals surface area contributed by atoms with Crippen LogP contribution in [-0.4, -0.2) is 37.0 Å². The SMILES string of the molecule is CN1C(=O)Cc2ccc(-c3sc(CC(C#N)NC(=O)[C@H]4N[C@H]5CC[C@H]4C5)c(F)c3Br)cc21. The maximum Gasteiger partial charge on any atom is 0.238 e. The number of thiophene rings is 1. The first-order valence-corrected chi connectivity index (χ1v) is 12.3. The summed E-state index contributed by atoms with van der Waals surface area (Å²) in [4.78, 5) is 27.4. The molecule has 2 bridgehead atoms. The van der Waals surface area contributed by atoms with E-state index in [0.717, 1.165) is 36.1 Å². The molecule has 32 heavy (non-hydrogen) atoms. The number of piperidine rings is 1. The van der Waals surface area contributed by atoms with E-state index in [9.17, 15) is 14.9 Å². The van der Waals surface area contributed by atoms with Gasteiger partial charge in [0.25, 0.3) is 0 Å². The molecule has 1 unspecified atom stereocenters. The van der Waals surface area contributed by atoms with Gasteiger partial charge in [0, 0.05) is 30.1 Å². The average molecular weight is 517 g/mol. The third kappa shape index (κ3) is 3.64. The van der Waals surface area contributed by atoms with E-state index in [2.05, 4.69) is 32.6 Å². The van der Waals surface area contributed by atoms with Crippen molar-refractivity contribution in [2.24, 2.45) is 5.92 Å². The van der Waals surface area contributed by atoms with Gasteiger partial charge < -0.3 is 15.5 Å². The minimum Gasteiger partial charge on any atom is -0.339 e. The fourth-order valence-corrected chi connectivity index (χ4v) is 7.01. The molecule has 2 fully saturated rings. The second kappa shape index (κ2) is 8.25. The molecule has 3 heterocycles. The van der Waals surface area contributed by atoms with Crippen molar-refractivity contribution < 1.29 is 14.0 Å². The Labute approximate surface area is 197 Å². The van der Waals surface area contributed by atoms with Gasteiger partial charge in [0.2, 0.25) is 11.8 Å². The molecular weight excluding hydrogens is 495 g/mol. The Hall–Kier alpha value is -2.28. The second-order valence-electron chi connectivity index (χ2n) is 8.76. The lowest BCUT2D eigenvalue weighted by molar-refractivity contribution is -0.124. The zero-order chi connectivity index (χ0) is 22.6. The number of nitriles is 1. The van der Waals surface area contributed by atoms with Crippen LogP contribution in [0.25, 0.3) is 10.4 Å². The van der Waals surface area contributed by atoms with Crippen LogP contribution in [0.5, 0.6) is 0 Å². The number of rotatable bonds is 5. The summed E-state index contributed by atoms with van der Waals surface area (Å²) in [6.07, 6.45) is 3.61. The first-order chi connectivity index (χ1) is 15.4. The standard InChI is InChI=1S/C23H22BrFN4O2S/c1-29-16-7-13(3-2-11(16)8-18(29)30)22-19(24)20(25)17(32-22)9-15(10-26)28-23(31)21-12-4-5-14(6-12)27-21/h2-3,7,12,14-15,21,27H,4-6,8-9H2,1H3,(H,28,31)/t12-,14-,15?,21-/m0/s1. The quantitative estimate of drug-likeness (QED) is 0.636. The molecule has 166 valence electrons. The van der Waals surface area contributed by atoms with E-state index < -0.39 is 11.9 Å². The number of carbonyl (C=O) groups is 2. The Morgan fingerprint density at radius 1 is 1.47 bits per heavy atom. The van der Waals surface area contributed by atoms with E-state index in [1.165, 1.54) is 11.3 Å². The van der Waals surface area contributed by atoms with Gasteiger partial charge in [-0.1, -0.05) is 12.1 Å². The van der Waals surface area contributed by atoms with Crippen molar-refractivity contribution >= 4 is 44.8 Å². The molecule has 0 spiro atoms. The summed E-state index contributed by atoms with van der Waals surface area (Å²) >= 11 is 4.62. The van der Waals surface area contributed by atoms with Crippen LogP contribution in [0.2, 0.25) is 0 Å². The summed E-state index contributed by atoms with van der Waals surface area (Å²) in [7, 11) is 1.73. The van der Waals surface area contributed by atoms with Crippen molar-refractivity contribution in [1.82, 2.24) is 10.6 Å². The highest BCUT2D eigenvalue weighted by atomic mass is 79.9. The highest BCUT2D eigenvalue weighted by molar-refractivity contribution is 9.10. The molecule has 1 aromatic carbocycles. The van der Waals surface area contributed by atoms with Crippen molar-refractivity contribution in [3.63, 3.8) is 0 Å². The highest BCUT2D eigenvalue weighted by Crippen LogP contribution is 2.42. The third-order valence-corrected chi connectivity index (χ3v) is 9.03. The topological polar surface area (TPSA) is 85.2 Å². The Kier molecular flexibility index (Phi) is 5.56. The number of carbonyl (C=O) groups excluding carboxylic acids is 2. The number of amides is 2. The summed E-state index contributed by atoms with van der Waals surface area (Å²) in [6.45, 7) is 0. The molecule has 1 aromatic heterocycles. The molecule has 2 amide bonds. The van der Waals surface area contributed by atoms with Crippen LogP contribution < -0.4 is 15.5 Å². The Bertz CT molecular complexity index is 1160. The minimum absolute atomic E-state index is 0.0341. The molecule has 0 radical (unpaired) electrons. The van der Waals surface area contributed by atoms with Gasteiger partial charge in [0.15, 0.2) is 5.82 Å². The predicted molar refractivity (Wildman–Crippen MR) is 124 cm³/mol. The first-order valence-electron chi connectivity index (χ1n) is 10.7. The third-order valence-electron chi connectivity index (χ3n) is 6.79. The van der Waals surface area contributed by atoms with Crippen molar-refractivity contribution in [3.05, 3.63) is 38.9 Å². The minimum atomic E-state index is -0.805. The zero-order valence-corrected chi connectivity index (χ0v) is 19.9. The van der Waals surface area contributed by atoms with Crippen LogP contribution in [-0.2, 0) is 22.4 Å². The Morgan fingerprint density at radius 3 is 2.97 bits per heavy atom. The molecule has 4 atom stereocenters. The number of fused-ring (bicyclic) bond motifs is 3. The van der Waals surface area contributed by atoms with Crippen LogP contribution in [0.15, 0.2) is 22.7 Å². The van der Waals surface area contributed by atoms with Gasteiger partial charge in [-0.25, -0.2) is 4.39 Å². The molecule has 1 aliphatic carbocycles. The van der Waals surface area contributed by atoms with Gasteiger partial charge in [-0.3, -0.25) is 9.59 Å². The highest BCUT2D eigenvalue weighted by Gasteiger charge is 2.43. The van der Waals surface area contributed by atoms with E-state index in [-0.39, 0.29) is 24.3 Å². The predicted octanol–water partition coefficient (Wildman–Crippen LogP) is 3.53. The summed E-state index contributed by atoms with van der Waals surface area (Å²) in [6, 6.07) is 7.12. The Balaban J connectivity index is 1.34. The average Bonchev–Trinajstić information content (AvgIpc) is 3.54. The van der Waals surface area contributed by atoms with Crippen molar-refractivity contribution in [3.8, 4) is 16.5 Å². The summed E-state index contributed by atoms with van der Waals surface area (Å²) < 4.78 is 15.4. The fraction of sp³-hybridized carbons (Fsp3) is 0.435. The van der Waals surface area contributed by atoms with Gasteiger partial charge in [0.1, 0.15) is 6.04 Å². The number of nitrogens with zero attached hydrogens (tertiary/aromatic N) is 2. The monoisotopic (exact) mass is 516 g/mol. The number of anilines is 1. The number of nitrogens with one attached hydrogen (secondary N) is 2. The lowest BCUT2D eigenvalue weighted by atomic mass is 9.99. The van der Waals surface area contributed by atoms with Gasteiger partial charge >= 0.3 is 0 Å². The van der Waals surface area contributed by atoms with Gasteiger partial charge in [-0.15, -0.1) is 11.3 Å². The van der Waals surface area contributed by atoms with E-state index in [4.69, 9.17) is 0 Å². The van der Waals surface area contributed by atoms with Crippen molar-refractivity contribution in [2.45, 2.75) is 50.2 Å². The number of benzene rings is 1. The Morgan fingerprint density at radius 2 is 2.28 bits per heavy atom. The second-order valence-corrected chi connectivity index (χ2v) is 10.7. The normalized spacial score (nSPS) is 24.5. The molecule has 3 aliphatic rings. The molecular formula is C23H22BrFN4O2S. The lowest BCUT2D eigenvalue weighted by Crippen LogP contribution is -2.50. The molecule has 1 saturated heterocycles. The van der Waals surface area contributed by atoms with Gasteiger partial charge in [0.05, 0.1) is 27.9 Å². The van der Waals surface area contributed by atoms with Crippen LogP contribution >= 0.6 is 27.3 Å². The van der Waals surface area contributed by atoms with Crippen molar-refractivity contribution in [2.75, 3.05) is 11.9 Å². The molecule has 6 nitrogen and oxygen atoms in total. The molecule has 2 N–H and O–H groups in total. The smallest absolute Gasteiger partial charge is 0.238 e. The van der Waals surface area contributed by atoms with E-state index in [0.29, 0.717) is 32.6 Å². The van der Waals surface area contributed by atoms with Gasteiger partial charge in [-0.05, 0) is 58.3 Å². The van der Waals surface area contributed by atoms with Crippen LogP contribution in [0.1, 0.15) is 29.7 Å². The van der Waals surface area contributed by atoms with Crippen LogP contribution in [0.4, 0.5) is 10.1 Å². The van der Waals surface area contributed by atoms with Crippen LogP contribution in [0, 0.1) is 23.1 Å². The zero-order valence-electron chi connectivity index (χ0n) is 17.5. The lowest BCUT2D eigenvalue weighted by Gasteiger charge is -2.23.